The van der Waals surface area contributed by atoms with Crippen molar-refractivity contribution in [3.05, 3.63) is 54.0 Å². The van der Waals surface area contributed by atoms with Gasteiger partial charge in [0.2, 0.25) is 0 Å². The van der Waals surface area contributed by atoms with Crippen LogP contribution in [0, 0.1) is 0 Å². The maximum atomic E-state index is 12.6. The van der Waals surface area contributed by atoms with Crippen LogP contribution in [0.1, 0.15) is 52.8 Å². The third-order valence-corrected chi connectivity index (χ3v) is 5.74. The highest BCUT2D eigenvalue weighted by atomic mass is 16.3. The van der Waals surface area contributed by atoms with Gasteiger partial charge in [0.15, 0.2) is 0 Å². The number of carbonyl (C=O) groups is 2. The molecule has 0 aliphatic carbocycles. The van der Waals surface area contributed by atoms with Gasteiger partial charge in [-0.3, -0.25) is 9.59 Å². The molecule has 0 spiro atoms. The Hall–Kier alpha value is -2.76. The molecule has 2 amide bonds. The van der Waals surface area contributed by atoms with E-state index in [0.29, 0.717) is 24.2 Å². The normalized spacial score (nSPS) is 18.1. The van der Waals surface area contributed by atoms with Gasteiger partial charge in [0.05, 0.1) is 11.8 Å². The Morgan fingerprint density at radius 2 is 1.61 bits per heavy atom. The van der Waals surface area contributed by atoms with Gasteiger partial charge in [-0.25, -0.2) is 0 Å². The molecule has 1 N–H and O–H groups in total. The van der Waals surface area contributed by atoms with Crippen molar-refractivity contribution >= 4 is 17.5 Å². The molecule has 0 bridgehead atoms. The summed E-state index contributed by atoms with van der Waals surface area (Å²) in [7, 11) is 0. The maximum absolute atomic E-state index is 12.6. The van der Waals surface area contributed by atoms with E-state index < -0.39 is 0 Å². The van der Waals surface area contributed by atoms with Gasteiger partial charge in [-0.05, 0) is 62.4 Å². The predicted molar refractivity (Wildman–Crippen MR) is 108 cm³/mol. The number of furan rings is 1. The smallest absolute Gasteiger partial charge is 0.257 e. The van der Waals surface area contributed by atoms with Crippen LogP contribution in [0.3, 0.4) is 0 Å². The molecule has 2 aromatic rings. The van der Waals surface area contributed by atoms with Gasteiger partial charge in [0, 0.05) is 43.5 Å². The second-order valence-electron chi connectivity index (χ2n) is 7.65. The number of hydrogen-bond donors (Lipinski definition) is 1. The van der Waals surface area contributed by atoms with Crippen LogP contribution < -0.4 is 10.2 Å². The van der Waals surface area contributed by atoms with Crippen molar-refractivity contribution in [2.75, 3.05) is 31.1 Å². The van der Waals surface area contributed by atoms with E-state index in [-0.39, 0.29) is 17.9 Å². The Kier molecular flexibility index (Phi) is 5.65. The zero-order valence-electron chi connectivity index (χ0n) is 16.1. The molecule has 2 aliphatic heterocycles. The Morgan fingerprint density at radius 1 is 0.893 bits per heavy atom. The maximum Gasteiger partial charge on any atom is 0.257 e. The van der Waals surface area contributed by atoms with Gasteiger partial charge in [0.25, 0.3) is 11.8 Å². The van der Waals surface area contributed by atoms with Gasteiger partial charge in [-0.15, -0.1) is 0 Å². The highest BCUT2D eigenvalue weighted by Crippen LogP contribution is 2.21. The topological polar surface area (TPSA) is 65.8 Å². The number of benzene rings is 1. The molecular formula is C22H27N3O3. The highest BCUT2D eigenvalue weighted by Gasteiger charge is 2.25. The van der Waals surface area contributed by atoms with Crippen LogP contribution >= 0.6 is 0 Å². The van der Waals surface area contributed by atoms with Crippen LogP contribution in [0.4, 0.5) is 5.69 Å². The first-order valence-electron chi connectivity index (χ1n) is 10.2. The molecule has 2 saturated heterocycles. The average molecular weight is 381 g/mol. The molecule has 0 radical (unpaired) electrons. The number of piperidine rings is 2. The standard InChI is InChI=1S/C22H27N3O3/c26-21(17-4-6-20(7-5-17)24-11-2-1-3-12-24)23-19-8-13-25(14-9-19)22(27)18-10-15-28-16-18/h4-7,10,15-16,19H,1-3,8-9,11-14H2,(H,23,26). The number of rotatable bonds is 4. The molecule has 2 aliphatic rings. The minimum atomic E-state index is -0.0372. The van der Waals surface area contributed by atoms with Crippen molar-refractivity contribution in [1.29, 1.82) is 0 Å². The molecule has 0 saturated carbocycles. The summed E-state index contributed by atoms with van der Waals surface area (Å²) >= 11 is 0. The van der Waals surface area contributed by atoms with E-state index >= 15 is 0 Å². The van der Waals surface area contributed by atoms with Gasteiger partial charge in [-0.1, -0.05) is 0 Å². The molecule has 1 aromatic carbocycles. The van der Waals surface area contributed by atoms with Crippen molar-refractivity contribution in [3.63, 3.8) is 0 Å². The van der Waals surface area contributed by atoms with Crippen LogP contribution in [0.5, 0.6) is 0 Å². The van der Waals surface area contributed by atoms with E-state index in [2.05, 4.69) is 10.2 Å². The van der Waals surface area contributed by atoms with E-state index in [1.807, 2.05) is 29.2 Å². The van der Waals surface area contributed by atoms with Gasteiger partial charge < -0.3 is 19.5 Å². The molecule has 4 rings (SSSR count). The van der Waals surface area contributed by atoms with Crippen LogP contribution in [-0.2, 0) is 0 Å². The number of anilines is 1. The average Bonchev–Trinajstić information content (AvgIpc) is 3.29. The number of likely N-dealkylation sites (tertiary alicyclic amines) is 1. The van der Waals surface area contributed by atoms with Crippen LogP contribution in [0.2, 0.25) is 0 Å². The zero-order chi connectivity index (χ0) is 19.3. The molecule has 28 heavy (non-hydrogen) atoms. The highest BCUT2D eigenvalue weighted by molar-refractivity contribution is 5.95. The minimum absolute atomic E-state index is 0.00757. The number of hydrogen-bond acceptors (Lipinski definition) is 4. The van der Waals surface area contributed by atoms with Crippen LogP contribution in [-0.4, -0.2) is 48.9 Å². The van der Waals surface area contributed by atoms with Crippen LogP contribution in [0.15, 0.2) is 47.3 Å². The second-order valence-corrected chi connectivity index (χ2v) is 7.65. The Bertz CT molecular complexity index is 787. The van der Waals surface area contributed by atoms with Crippen molar-refractivity contribution < 1.29 is 14.0 Å². The molecule has 6 heteroatoms. The lowest BCUT2D eigenvalue weighted by Crippen LogP contribution is -2.46. The third-order valence-electron chi connectivity index (χ3n) is 5.74. The molecule has 0 atom stereocenters. The monoisotopic (exact) mass is 381 g/mol. The molecule has 6 nitrogen and oxygen atoms in total. The van der Waals surface area contributed by atoms with Crippen molar-refractivity contribution in [1.82, 2.24) is 10.2 Å². The van der Waals surface area contributed by atoms with Crippen molar-refractivity contribution in [2.45, 2.75) is 38.1 Å². The SMILES string of the molecule is O=C(NC1CCN(C(=O)c2ccoc2)CC1)c1ccc(N2CCCCC2)cc1. The van der Waals surface area contributed by atoms with E-state index in [0.717, 1.165) is 25.9 Å². The third kappa shape index (κ3) is 4.21. The second kappa shape index (κ2) is 8.50. The Morgan fingerprint density at radius 3 is 2.25 bits per heavy atom. The number of nitrogens with zero attached hydrogens (tertiary/aromatic N) is 2. The molecule has 1 aromatic heterocycles. The van der Waals surface area contributed by atoms with Crippen molar-refractivity contribution in [2.24, 2.45) is 0 Å². The first kappa shape index (κ1) is 18.6. The number of nitrogens with one attached hydrogen (secondary N) is 1. The van der Waals surface area contributed by atoms with Crippen molar-refractivity contribution in [3.8, 4) is 0 Å². The van der Waals surface area contributed by atoms with E-state index in [9.17, 15) is 9.59 Å². The number of carbonyl (C=O) groups excluding carboxylic acids is 2. The summed E-state index contributed by atoms with van der Waals surface area (Å²) in [5.74, 6) is -0.0448. The fraction of sp³-hybridized carbons (Fsp3) is 0.455. The minimum Gasteiger partial charge on any atom is -0.472 e. The van der Waals surface area contributed by atoms with Gasteiger partial charge in [-0.2, -0.15) is 0 Å². The van der Waals surface area contributed by atoms with Gasteiger partial charge >= 0.3 is 0 Å². The predicted octanol–water partition coefficient (Wildman–Crippen LogP) is 3.30. The molecule has 3 heterocycles. The lowest BCUT2D eigenvalue weighted by atomic mass is 10.0. The molecule has 2 fully saturated rings. The molecular weight excluding hydrogens is 354 g/mol. The Balaban J connectivity index is 1.28. The quantitative estimate of drug-likeness (QED) is 0.882. The summed E-state index contributed by atoms with van der Waals surface area (Å²) in [4.78, 5) is 29.1. The summed E-state index contributed by atoms with van der Waals surface area (Å²) in [6.07, 6.45) is 8.31. The summed E-state index contributed by atoms with van der Waals surface area (Å²) < 4.78 is 4.99. The first-order valence-corrected chi connectivity index (χ1v) is 10.2. The summed E-state index contributed by atoms with van der Waals surface area (Å²) in [6.45, 7) is 3.48. The summed E-state index contributed by atoms with van der Waals surface area (Å²) in [6, 6.07) is 9.71. The van der Waals surface area contributed by atoms with Gasteiger partial charge in [0.1, 0.15) is 6.26 Å². The lowest BCUT2D eigenvalue weighted by Gasteiger charge is -2.32. The molecule has 0 unspecified atom stereocenters. The first-order chi connectivity index (χ1) is 13.7. The van der Waals surface area contributed by atoms with E-state index in [4.69, 9.17) is 4.42 Å². The lowest BCUT2D eigenvalue weighted by molar-refractivity contribution is 0.0697. The molecule has 148 valence electrons. The number of amides is 2. The zero-order valence-corrected chi connectivity index (χ0v) is 16.1. The fourth-order valence-corrected chi connectivity index (χ4v) is 4.04. The van der Waals surface area contributed by atoms with E-state index in [1.54, 1.807) is 6.07 Å². The summed E-state index contributed by atoms with van der Waals surface area (Å²) in [5, 5.41) is 3.12. The van der Waals surface area contributed by atoms with E-state index in [1.165, 1.54) is 37.5 Å². The Labute approximate surface area is 165 Å². The van der Waals surface area contributed by atoms with Crippen LogP contribution in [0.25, 0.3) is 0 Å². The largest absolute Gasteiger partial charge is 0.472 e. The fourth-order valence-electron chi connectivity index (χ4n) is 4.04. The summed E-state index contributed by atoms with van der Waals surface area (Å²) in [5.41, 5.74) is 2.47.